The number of hydrogen-bond acceptors (Lipinski definition) is 5. The van der Waals surface area contributed by atoms with Crippen LogP contribution in [-0.2, 0) is 16.1 Å². The van der Waals surface area contributed by atoms with E-state index in [0.29, 0.717) is 19.8 Å². The van der Waals surface area contributed by atoms with Crippen LogP contribution in [0, 0.1) is 0 Å². The topological polar surface area (TPSA) is 51.7 Å². The molecule has 2 aliphatic rings. The summed E-state index contributed by atoms with van der Waals surface area (Å²) in [5.41, 5.74) is 1.09. The Hall–Kier alpha value is -1.76. The van der Waals surface area contributed by atoms with Crippen molar-refractivity contribution in [3.63, 3.8) is 0 Å². The number of hydrogen-bond donors (Lipinski definition) is 0. The smallest absolute Gasteiger partial charge is 0.264 e. The Kier molecular flexibility index (Phi) is 4.60. The maximum atomic E-state index is 12.8. The van der Waals surface area contributed by atoms with Gasteiger partial charge in [-0.05, 0) is 42.0 Å². The zero-order chi connectivity index (χ0) is 16.4. The quantitative estimate of drug-likeness (QED) is 0.856. The van der Waals surface area contributed by atoms with Crippen LogP contribution in [0.3, 0.4) is 0 Å². The average Bonchev–Trinajstić information content (AvgIpc) is 3.22. The first-order chi connectivity index (χ1) is 11.8. The molecule has 0 aromatic carbocycles. The fourth-order valence-electron chi connectivity index (χ4n) is 3.57. The third kappa shape index (κ3) is 3.09. The van der Waals surface area contributed by atoms with Gasteiger partial charge in [-0.2, -0.15) is 0 Å². The summed E-state index contributed by atoms with van der Waals surface area (Å²) in [5, 5.41) is 1.94. The maximum absolute atomic E-state index is 12.8. The van der Waals surface area contributed by atoms with Gasteiger partial charge >= 0.3 is 0 Å². The van der Waals surface area contributed by atoms with E-state index in [1.54, 1.807) is 12.4 Å². The molecule has 24 heavy (non-hydrogen) atoms. The van der Waals surface area contributed by atoms with Gasteiger partial charge in [0.1, 0.15) is 6.10 Å². The first kappa shape index (κ1) is 15.7. The van der Waals surface area contributed by atoms with Gasteiger partial charge in [-0.3, -0.25) is 9.78 Å². The summed E-state index contributed by atoms with van der Waals surface area (Å²) >= 11 is 1.49. The van der Waals surface area contributed by atoms with Crippen LogP contribution in [-0.4, -0.2) is 47.2 Å². The summed E-state index contributed by atoms with van der Waals surface area (Å²) in [6, 6.07) is 7.80. The molecule has 0 N–H and O–H groups in total. The molecule has 126 valence electrons. The van der Waals surface area contributed by atoms with Gasteiger partial charge in [-0.15, -0.1) is 11.3 Å². The normalized spacial score (nSPS) is 26.3. The van der Waals surface area contributed by atoms with Crippen LogP contribution in [0.1, 0.15) is 28.1 Å². The van der Waals surface area contributed by atoms with Crippen LogP contribution in [0.4, 0.5) is 0 Å². The summed E-state index contributed by atoms with van der Waals surface area (Å²) in [7, 11) is 0. The number of ether oxygens (including phenoxy) is 2. The van der Waals surface area contributed by atoms with Crippen molar-refractivity contribution in [1.82, 2.24) is 9.88 Å². The van der Waals surface area contributed by atoms with Crippen molar-refractivity contribution in [2.75, 3.05) is 13.2 Å². The first-order valence-corrected chi connectivity index (χ1v) is 9.17. The fourth-order valence-corrected chi connectivity index (χ4v) is 4.25. The molecule has 1 amide bonds. The second kappa shape index (κ2) is 7.01. The summed E-state index contributed by atoms with van der Waals surface area (Å²) < 4.78 is 12.2. The predicted molar refractivity (Wildman–Crippen MR) is 90.9 cm³/mol. The third-order valence-corrected chi connectivity index (χ3v) is 5.60. The van der Waals surface area contributed by atoms with Gasteiger partial charge in [0.05, 0.1) is 30.2 Å². The van der Waals surface area contributed by atoms with Gasteiger partial charge in [-0.25, -0.2) is 0 Å². The van der Waals surface area contributed by atoms with Crippen molar-refractivity contribution in [3.8, 4) is 0 Å². The number of fused-ring (bicyclic) bond motifs is 2. The molecule has 3 atom stereocenters. The lowest BCUT2D eigenvalue weighted by atomic mass is 10.1. The Labute approximate surface area is 145 Å². The number of aromatic nitrogens is 1. The molecule has 6 heteroatoms. The van der Waals surface area contributed by atoms with Gasteiger partial charge in [0.15, 0.2) is 0 Å². The number of nitrogens with zero attached hydrogens (tertiary/aromatic N) is 2. The highest BCUT2D eigenvalue weighted by molar-refractivity contribution is 7.12. The van der Waals surface area contributed by atoms with Crippen molar-refractivity contribution in [2.45, 2.75) is 37.7 Å². The van der Waals surface area contributed by atoms with Gasteiger partial charge < -0.3 is 14.4 Å². The van der Waals surface area contributed by atoms with E-state index in [0.717, 1.165) is 23.3 Å². The minimum atomic E-state index is -0.0652. The number of amides is 1. The van der Waals surface area contributed by atoms with Gasteiger partial charge in [0.2, 0.25) is 0 Å². The highest BCUT2D eigenvalue weighted by Gasteiger charge is 2.44. The van der Waals surface area contributed by atoms with Crippen molar-refractivity contribution < 1.29 is 14.3 Å². The molecule has 2 bridgehead atoms. The standard InChI is InChI=1S/C18H20N2O3S/c21-18(16-2-1-11-24-16)20-9-10-22-15-4-3-14(20)17(15)23-12-13-5-7-19-8-6-13/h1-2,5-8,11,14-15,17H,3-4,9-10,12H2/t14-,15-,17+/m0/s1. The lowest BCUT2D eigenvalue weighted by Crippen LogP contribution is -2.46. The van der Waals surface area contributed by atoms with E-state index in [-0.39, 0.29) is 24.2 Å². The molecule has 5 nitrogen and oxygen atoms in total. The van der Waals surface area contributed by atoms with Crippen molar-refractivity contribution in [1.29, 1.82) is 0 Å². The SMILES string of the molecule is O=C(c1cccs1)N1CCO[C@H]2CC[C@H]1[C@H]2OCc1ccncc1. The molecule has 1 saturated heterocycles. The number of carbonyl (C=O) groups excluding carboxylic acids is 1. The Morgan fingerprint density at radius 1 is 1.33 bits per heavy atom. The lowest BCUT2D eigenvalue weighted by Gasteiger charge is -2.31. The van der Waals surface area contributed by atoms with Crippen LogP contribution in [0.15, 0.2) is 42.0 Å². The molecule has 2 fully saturated rings. The minimum Gasteiger partial charge on any atom is -0.374 e. The van der Waals surface area contributed by atoms with Gasteiger partial charge in [0, 0.05) is 18.9 Å². The van der Waals surface area contributed by atoms with Gasteiger partial charge in [-0.1, -0.05) is 6.07 Å². The number of rotatable bonds is 4. The molecule has 1 aliphatic carbocycles. The Morgan fingerprint density at radius 3 is 3.00 bits per heavy atom. The van der Waals surface area contributed by atoms with E-state index < -0.39 is 0 Å². The molecule has 1 aliphatic heterocycles. The van der Waals surface area contributed by atoms with Crippen LogP contribution in [0.2, 0.25) is 0 Å². The number of thiophene rings is 1. The highest BCUT2D eigenvalue weighted by atomic mass is 32.1. The maximum Gasteiger partial charge on any atom is 0.264 e. The summed E-state index contributed by atoms with van der Waals surface area (Å²) in [6.07, 6.45) is 5.43. The van der Waals surface area contributed by atoms with Crippen LogP contribution in [0.25, 0.3) is 0 Å². The second-order valence-corrected chi connectivity index (χ2v) is 7.11. The van der Waals surface area contributed by atoms with Gasteiger partial charge in [0.25, 0.3) is 5.91 Å². The fraction of sp³-hybridized carbons (Fsp3) is 0.444. The number of carbonyl (C=O) groups is 1. The van der Waals surface area contributed by atoms with E-state index in [1.807, 2.05) is 34.5 Å². The molecule has 0 spiro atoms. The van der Waals surface area contributed by atoms with Crippen molar-refractivity contribution in [2.24, 2.45) is 0 Å². The van der Waals surface area contributed by atoms with E-state index in [2.05, 4.69) is 4.98 Å². The molecule has 4 rings (SSSR count). The Morgan fingerprint density at radius 2 is 2.21 bits per heavy atom. The zero-order valence-corrected chi connectivity index (χ0v) is 14.2. The number of pyridine rings is 1. The molecule has 1 saturated carbocycles. The monoisotopic (exact) mass is 344 g/mol. The van der Waals surface area contributed by atoms with Crippen molar-refractivity contribution in [3.05, 3.63) is 52.5 Å². The predicted octanol–water partition coefficient (Wildman–Crippen LogP) is 2.73. The summed E-state index contributed by atoms with van der Waals surface area (Å²) in [4.78, 5) is 19.6. The third-order valence-electron chi connectivity index (χ3n) is 4.74. The van der Waals surface area contributed by atoms with Crippen LogP contribution < -0.4 is 0 Å². The Bertz CT molecular complexity index is 677. The molecular formula is C18H20N2O3S. The van der Waals surface area contributed by atoms with E-state index in [4.69, 9.17) is 9.47 Å². The lowest BCUT2D eigenvalue weighted by molar-refractivity contribution is -0.0597. The summed E-state index contributed by atoms with van der Waals surface area (Å²) in [5.74, 6) is 0.0960. The van der Waals surface area contributed by atoms with E-state index in [9.17, 15) is 4.79 Å². The molecule has 2 aromatic rings. The average molecular weight is 344 g/mol. The Balaban J connectivity index is 1.50. The first-order valence-electron chi connectivity index (χ1n) is 8.29. The zero-order valence-electron chi connectivity index (χ0n) is 13.3. The largest absolute Gasteiger partial charge is 0.374 e. The van der Waals surface area contributed by atoms with E-state index in [1.165, 1.54) is 11.3 Å². The minimum absolute atomic E-state index is 0.0652. The molecule has 3 heterocycles. The molecule has 0 unspecified atom stereocenters. The molecule has 0 radical (unpaired) electrons. The highest BCUT2D eigenvalue weighted by Crippen LogP contribution is 2.33. The van der Waals surface area contributed by atoms with Crippen LogP contribution in [0.5, 0.6) is 0 Å². The molecule has 2 aromatic heterocycles. The molecular weight excluding hydrogens is 324 g/mol. The van der Waals surface area contributed by atoms with E-state index >= 15 is 0 Å². The van der Waals surface area contributed by atoms with Crippen molar-refractivity contribution >= 4 is 17.2 Å². The summed E-state index contributed by atoms with van der Waals surface area (Å²) in [6.45, 7) is 1.73. The van der Waals surface area contributed by atoms with Crippen LogP contribution >= 0.6 is 11.3 Å². The second-order valence-electron chi connectivity index (χ2n) is 6.16.